The van der Waals surface area contributed by atoms with E-state index >= 15 is 0 Å². The highest BCUT2D eigenvalue weighted by molar-refractivity contribution is 7.92. The highest BCUT2D eigenvalue weighted by Gasteiger charge is 2.19. The number of rotatable bonds is 6. The molecule has 0 aliphatic carbocycles. The molecule has 0 atom stereocenters. The van der Waals surface area contributed by atoms with Gasteiger partial charge < -0.3 is 10.1 Å². The number of thiazole rings is 1. The summed E-state index contributed by atoms with van der Waals surface area (Å²) in [5.41, 5.74) is 2.29. The van der Waals surface area contributed by atoms with Gasteiger partial charge in [0.05, 0.1) is 17.7 Å². The van der Waals surface area contributed by atoms with Gasteiger partial charge in [-0.1, -0.05) is 12.1 Å². The molecule has 1 amide bonds. The van der Waals surface area contributed by atoms with Crippen LogP contribution in [-0.2, 0) is 14.8 Å². The minimum Gasteiger partial charge on any atom is -0.497 e. The zero-order chi connectivity index (χ0) is 21.3. The largest absolute Gasteiger partial charge is 0.497 e. The summed E-state index contributed by atoms with van der Waals surface area (Å²) in [5.74, 6) is 0.392. The SMILES string of the molecule is COc1ccc(S(=O)(=O)Nc2nc3scc(-c4ccc(NC(C)=O)cc4)n3n2)cc1. The fourth-order valence-electron chi connectivity index (χ4n) is 2.78. The van der Waals surface area contributed by atoms with Gasteiger partial charge in [0.15, 0.2) is 0 Å². The molecule has 4 aromatic rings. The molecule has 9 nitrogen and oxygen atoms in total. The lowest BCUT2D eigenvalue weighted by atomic mass is 10.1. The van der Waals surface area contributed by atoms with E-state index in [2.05, 4.69) is 20.1 Å². The highest BCUT2D eigenvalue weighted by atomic mass is 32.2. The van der Waals surface area contributed by atoms with Crippen molar-refractivity contribution in [3.05, 3.63) is 53.9 Å². The minimum absolute atomic E-state index is 0.0196. The Morgan fingerprint density at radius 2 is 1.80 bits per heavy atom. The number of carbonyl (C=O) groups is 1. The van der Waals surface area contributed by atoms with Crippen molar-refractivity contribution in [2.75, 3.05) is 17.1 Å². The number of fused-ring (bicyclic) bond motifs is 1. The van der Waals surface area contributed by atoms with Crippen LogP contribution in [0.15, 0.2) is 58.8 Å². The Hall–Kier alpha value is -3.44. The van der Waals surface area contributed by atoms with Gasteiger partial charge in [0.1, 0.15) is 5.75 Å². The average Bonchev–Trinajstić information content (AvgIpc) is 3.28. The molecule has 0 bridgehead atoms. The molecular weight excluding hydrogens is 426 g/mol. The van der Waals surface area contributed by atoms with Gasteiger partial charge in [-0.05, 0) is 36.4 Å². The van der Waals surface area contributed by atoms with E-state index in [1.165, 1.54) is 37.5 Å². The van der Waals surface area contributed by atoms with Crippen molar-refractivity contribution in [1.82, 2.24) is 14.6 Å². The van der Waals surface area contributed by atoms with E-state index in [0.717, 1.165) is 11.3 Å². The summed E-state index contributed by atoms with van der Waals surface area (Å²) in [5, 5.41) is 8.89. The zero-order valence-corrected chi connectivity index (χ0v) is 17.6. The molecule has 0 saturated carbocycles. The van der Waals surface area contributed by atoms with Gasteiger partial charge >= 0.3 is 0 Å². The number of sulfonamides is 1. The first kappa shape index (κ1) is 19.9. The standard InChI is InChI=1S/C19H17N5O4S2/c1-12(25)20-14-5-3-13(4-6-14)17-11-29-19-21-18(22-24(17)19)23-30(26,27)16-9-7-15(28-2)8-10-16/h3-11H,1-2H3,(H,20,25)(H,22,23). The Morgan fingerprint density at radius 3 is 2.43 bits per heavy atom. The quantitative estimate of drug-likeness (QED) is 0.473. The van der Waals surface area contributed by atoms with Crippen molar-refractivity contribution in [3.8, 4) is 17.0 Å². The molecule has 0 spiro atoms. The number of ether oxygens (including phenoxy) is 1. The van der Waals surface area contributed by atoms with E-state index in [0.29, 0.717) is 16.4 Å². The lowest BCUT2D eigenvalue weighted by Gasteiger charge is -2.05. The third-order valence-corrected chi connectivity index (χ3v) is 6.34. The molecule has 2 aromatic carbocycles. The van der Waals surface area contributed by atoms with Gasteiger partial charge in [-0.2, -0.15) is 4.98 Å². The first-order valence-corrected chi connectivity index (χ1v) is 11.1. The summed E-state index contributed by atoms with van der Waals surface area (Å²) >= 11 is 1.34. The van der Waals surface area contributed by atoms with E-state index in [1.54, 1.807) is 28.8 Å². The molecule has 11 heteroatoms. The predicted molar refractivity (Wildman–Crippen MR) is 114 cm³/mol. The summed E-state index contributed by atoms with van der Waals surface area (Å²) in [6.07, 6.45) is 0. The van der Waals surface area contributed by atoms with Gasteiger partial charge in [0.2, 0.25) is 10.9 Å². The number of aromatic nitrogens is 3. The number of benzene rings is 2. The van der Waals surface area contributed by atoms with E-state index < -0.39 is 10.0 Å². The number of anilines is 2. The van der Waals surface area contributed by atoms with Crippen molar-refractivity contribution in [3.63, 3.8) is 0 Å². The maximum atomic E-state index is 12.6. The number of carbonyl (C=O) groups excluding carboxylic acids is 1. The van der Waals surface area contributed by atoms with Gasteiger partial charge in [0.25, 0.3) is 16.0 Å². The van der Waals surface area contributed by atoms with Crippen LogP contribution in [0.1, 0.15) is 6.92 Å². The Morgan fingerprint density at radius 1 is 1.10 bits per heavy atom. The summed E-state index contributed by atoms with van der Waals surface area (Å²) in [7, 11) is -2.33. The van der Waals surface area contributed by atoms with Crippen LogP contribution in [0.4, 0.5) is 11.6 Å². The van der Waals surface area contributed by atoms with Gasteiger partial charge in [-0.15, -0.1) is 16.4 Å². The van der Waals surface area contributed by atoms with Crippen LogP contribution in [-0.4, -0.2) is 36.0 Å². The molecular formula is C19H17N5O4S2. The molecule has 2 N–H and O–H groups in total. The maximum absolute atomic E-state index is 12.6. The van der Waals surface area contributed by atoms with Crippen molar-refractivity contribution in [2.45, 2.75) is 11.8 Å². The average molecular weight is 444 g/mol. The fourth-order valence-corrected chi connectivity index (χ4v) is 4.55. The fraction of sp³-hybridized carbons (Fsp3) is 0.105. The second kappa shape index (κ2) is 7.76. The number of hydrogen-bond acceptors (Lipinski definition) is 7. The molecule has 0 aliphatic heterocycles. The molecule has 4 rings (SSSR count). The van der Waals surface area contributed by atoms with Crippen LogP contribution in [0.3, 0.4) is 0 Å². The van der Waals surface area contributed by atoms with Gasteiger partial charge in [0, 0.05) is 23.6 Å². The second-order valence-corrected chi connectivity index (χ2v) is 8.81. The number of amides is 1. The Labute approximate surface area is 176 Å². The molecule has 0 aliphatic rings. The van der Waals surface area contributed by atoms with Crippen LogP contribution in [0.25, 0.3) is 16.2 Å². The van der Waals surface area contributed by atoms with Crippen molar-refractivity contribution in [2.24, 2.45) is 0 Å². The summed E-state index contributed by atoms with van der Waals surface area (Å²) in [4.78, 5) is 16.0. The molecule has 2 heterocycles. The van der Waals surface area contributed by atoms with E-state index in [1.807, 2.05) is 17.5 Å². The smallest absolute Gasteiger partial charge is 0.264 e. The zero-order valence-electron chi connectivity index (χ0n) is 16.0. The number of nitrogens with one attached hydrogen (secondary N) is 2. The molecule has 0 fully saturated rings. The lowest BCUT2D eigenvalue weighted by molar-refractivity contribution is -0.114. The van der Waals surface area contributed by atoms with Crippen LogP contribution in [0.5, 0.6) is 5.75 Å². The summed E-state index contributed by atoms with van der Waals surface area (Å²) in [6.45, 7) is 1.44. The molecule has 0 radical (unpaired) electrons. The Bertz CT molecular complexity index is 1310. The molecule has 30 heavy (non-hydrogen) atoms. The first-order chi connectivity index (χ1) is 14.4. The third-order valence-electron chi connectivity index (χ3n) is 4.18. The van der Waals surface area contributed by atoms with E-state index in [9.17, 15) is 13.2 Å². The third kappa shape index (κ3) is 3.98. The Kier molecular flexibility index (Phi) is 5.14. The van der Waals surface area contributed by atoms with Crippen LogP contribution >= 0.6 is 11.3 Å². The van der Waals surface area contributed by atoms with E-state index in [4.69, 9.17) is 4.74 Å². The molecule has 0 unspecified atom stereocenters. The van der Waals surface area contributed by atoms with Crippen LogP contribution in [0, 0.1) is 0 Å². The van der Waals surface area contributed by atoms with Gasteiger partial charge in [-0.3, -0.25) is 4.79 Å². The number of nitrogens with zero attached hydrogens (tertiary/aromatic N) is 3. The van der Waals surface area contributed by atoms with Gasteiger partial charge in [-0.25, -0.2) is 17.7 Å². The Balaban J connectivity index is 1.60. The van der Waals surface area contributed by atoms with Crippen molar-refractivity contribution >= 4 is 43.9 Å². The van der Waals surface area contributed by atoms with Crippen molar-refractivity contribution < 1.29 is 17.9 Å². The number of methoxy groups -OCH3 is 1. The minimum atomic E-state index is -3.84. The normalized spacial score (nSPS) is 11.4. The van der Waals surface area contributed by atoms with Crippen molar-refractivity contribution in [1.29, 1.82) is 0 Å². The second-order valence-electron chi connectivity index (χ2n) is 6.29. The van der Waals surface area contributed by atoms with Crippen LogP contribution in [0.2, 0.25) is 0 Å². The topological polar surface area (TPSA) is 115 Å². The maximum Gasteiger partial charge on any atom is 0.264 e. The van der Waals surface area contributed by atoms with E-state index in [-0.39, 0.29) is 16.8 Å². The first-order valence-electron chi connectivity index (χ1n) is 8.75. The number of hydrogen-bond donors (Lipinski definition) is 2. The highest BCUT2D eigenvalue weighted by Crippen LogP contribution is 2.27. The monoisotopic (exact) mass is 443 g/mol. The predicted octanol–water partition coefficient (Wildman–Crippen LogP) is 3.23. The molecule has 0 saturated heterocycles. The summed E-state index contributed by atoms with van der Waals surface area (Å²) in [6, 6.07) is 13.3. The molecule has 154 valence electrons. The van der Waals surface area contributed by atoms with Crippen LogP contribution < -0.4 is 14.8 Å². The summed E-state index contributed by atoms with van der Waals surface area (Å²) < 4.78 is 34.2. The lowest BCUT2D eigenvalue weighted by Crippen LogP contribution is -2.14. The molecule has 2 aromatic heterocycles.